The Balaban J connectivity index is 2.23. The maximum atomic E-state index is 9.21. The number of aliphatic hydroxyl groups excluding tert-OH is 1. The summed E-state index contributed by atoms with van der Waals surface area (Å²) in [7, 11) is 2.16. The maximum absolute atomic E-state index is 9.21. The van der Waals surface area contributed by atoms with Gasteiger partial charge >= 0.3 is 0 Å². The average molecular weight is 262 g/mol. The summed E-state index contributed by atoms with van der Waals surface area (Å²) in [6, 6.07) is 9.19. The van der Waals surface area contributed by atoms with Gasteiger partial charge in [-0.3, -0.25) is 4.90 Å². The fourth-order valence-electron chi connectivity index (χ4n) is 3.06. The van der Waals surface area contributed by atoms with E-state index in [1.54, 1.807) is 0 Å². The molecule has 3 heteroatoms. The maximum Gasteiger partial charge on any atom is 0.0473 e. The Morgan fingerprint density at radius 2 is 1.89 bits per heavy atom. The first-order chi connectivity index (χ1) is 8.94. The minimum Gasteiger partial charge on any atom is -0.396 e. The summed E-state index contributed by atoms with van der Waals surface area (Å²) in [6.45, 7) is 8.96. The first kappa shape index (κ1) is 14.4. The molecule has 0 amide bonds. The second kappa shape index (κ2) is 5.51. The van der Waals surface area contributed by atoms with Crippen LogP contribution in [0.3, 0.4) is 0 Å². The van der Waals surface area contributed by atoms with Crippen LogP contribution >= 0.6 is 0 Å². The molecule has 2 rings (SSSR count). The summed E-state index contributed by atoms with van der Waals surface area (Å²) < 4.78 is 0. The lowest BCUT2D eigenvalue weighted by Crippen LogP contribution is -2.62. The smallest absolute Gasteiger partial charge is 0.0473 e. The van der Waals surface area contributed by atoms with E-state index in [0.29, 0.717) is 6.04 Å². The molecule has 19 heavy (non-hydrogen) atoms. The number of hydrogen-bond acceptors (Lipinski definition) is 3. The van der Waals surface area contributed by atoms with Crippen LogP contribution in [0.4, 0.5) is 5.69 Å². The van der Waals surface area contributed by atoms with Crippen molar-refractivity contribution in [3.8, 4) is 0 Å². The number of nitrogens with zero attached hydrogens (tertiary/aromatic N) is 2. The Morgan fingerprint density at radius 1 is 1.26 bits per heavy atom. The lowest BCUT2D eigenvalue weighted by molar-refractivity contribution is 0.125. The van der Waals surface area contributed by atoms with Crippen LogP contribution in [-0.2, 0) is 0 Å². The van der Waals surface area contributed by atoms with Gasteiger partial charge in [0, 0.05) is 37.0 Å². The van der Waals surface area contributed by atoms with Crippen molar-refractivity contribution in [1.82, 2.24) is 4.90 Å². The summed E-state index contributed by atoms with van der Waals surface area (Å²) in [5, 5.41) is 9.21. The molecule has 1 aromatic rings. The first-order valence-corrected chi connectivity index (χ1v) is 7.09. The molecule has 0 aromatic heterocycles. The number of anilines is 1. The molecule has 0 radical (unpaired) electrons. The van der Waals surface area contributed by atoms with Crippen LogP contribution in [0, 0.1) is 6.92 Å². The van der Waals surface area contributed by atoms with Crippen molar-refractivity contribution in [2.75, 3.05) is 31.6 Å². The van der Waals surface area contributed by atoms with Crippen LogP contribution in [0.1, 0.15) is 25.8 Å². The van der Waals surface area contributed by atoms with Crippen LogP contribution < -0.4 is 4.90 Å². The average Bonchev–Trinajstić information content (AvgIpc) is 2.33. The second-order valence-electron chi connectivity index (χ2n) is 6.34. The fraction of sp³-hybridized carbons (Fsp3) is 0.625. The van der Waals surface area contributed by atoms with Gasteiger partial charge in [0.1, 0.15) is 0 Å². The van der Waals surface area contributed by atoms with E-state index in [-0.39, 0.29) is 12.1 Å². The molecule has 0 bridgehead atoms. The Bertz CT molecular complexity index is 413. The van der Waals surface area contributed by atoms with Gasteiger partial charge in [0.2, 0.25) is 0 Å². The van der Waals surface area contributed by atoms with Gasteiger partial charge in [-0.2, -0.15) is 0 Å². The molecule has 0 saturated carbocycles. The number of likely N-dealkylation sites (N-methyl/N-ethyl adjacent to an activating group) is 1. The van der Waals surface area contributed by atoms with Gasteiger partial charge in [0.15, 0.2) is 0 Å². The highest BCUT2D eigenvalue weighted by molar-refractivity contribution is 5.50. The predicted octanol–water partition coefficient (Wildman–Crippen LogP) is 2.28. The highest BCUT2D eigenvalue weighted by atomic mass is 16.3. The fourth-order valence-corrected chi connectivity index (χ4v) is 3.06. The monoisotopic (exact) mass is 262 g/mol. The first-order valence-electron chi connectivity index (χ1n) is 7.09. The second-order valence-corrected chi connectivity index (χ2v) is 6.34. The lowest BCUT2D eigenvalue weighted by Gasteiger charge is -2.51. The zero-order chi connectivity index (χ0) is 14.0. The Kier molecular flexibility index (Phi) is 4.16. The number of aliphatic hydroxyl groups is 1. The molecule has 3 nitrogen and oxygen atoms in total. The van der Waals surface area contributed by atoms with Crippen molar-refractivity contribution in [2.45, 2.75) is 38.8 Å². The zero-order valence-corrected chi connectivity index (χ0v) is 12.6. The summed E-state index contributed by atoms with van der Waals surface area (Å²) in [5.41, 5.74) is 2.70. The van der Waals surface area contributed by atoms with Gasteiger partial charge in [0.25, 0.3) is 0 Å². The quantitative estimate of drug-likeness (QED) is 0.905. The van der Waals surface area contributed by atoms with Crippen molar-refractivity contribution in [3.63, 3.8) is 0 Å². The highest BCUT2D eigenvalue weighted by Crippen LogP contribution is 2.30. The Hall–Kier alpha value is -1.06. The van der Waals surface area contributed by atoms with Crippen LogP contribution in [0.15, 0.2) is 24.3 Å². The third kappa shape index (κ3) is 3.10. The van der Waals surface area contributed by atoms with E-state index < -0.39 is 0 Å². The van der Waals surface area contributed by atoms with Crippen LogP contribution in [0.2, 0.25) is 0 Å². The van der Waals surface area contributed by atoms with E-state index >= 15 is 0 Å². The molecule has 1 atom stereocenters. The molecule has 1 heterocycles. The van der Waals surface area contributed by atoms with Crippen molar-refractivity contribution < 1.29 is 5.11 Å². The van der Waals surface area contributed by atoms with Crippen molar-refractivity contribution in [3.05, 3.63) is 29.8 Å². The Labute approximate surface area is 116 Å². The molecule has 1 aromatic carbocycles. The highest BCUT2D eigenvalue weighted by Gasteiger charge is 2.37. The van der Waals surface area contributed by atoms with Crippen molar-refractivity contribution in [2.24, 2.45) is 0 Å². The van der Waals surface area contributed by atoms with Crippen molar-refractivity contribution in [1.29, 1.82) is 0 Å². The summed E-state index contributed by atoms with van der Waals surface area (Å²) >= 11 is 0. The normalized spacial score (nSPS) is 23.6. The molecular formula is C16H26N2O. The number of aryl methyl sites for hydroxylation is 1. The predicted molar refractivity (Wildman–Crippen MR) is 80.7 cm³/mol. The van der Waals surface area contributed by atoms with Gasteiger partial charge in [-0.05, 0) is 46.4 Å². The third-order valence-electron chi connectivity index (χ3n) is 4.19. The van der Waals surface area contributed by atoms with Gasteiger partial charge < -0.3 is 10.0 Å². The SMILES string of the molecule is Cc1ccc(N2CC(CCO)N(C)CC2(C)C)cc1. The van der Waals surface area contributed by atoms with Gasteiger partial charge in [0.05, 0.1) is 0 Å². The van der Waals surface area contributed by atoms with Gasteiger partial charge in [-0.25, -0.2) is 0 Å². The third-order valence-corrected chi connectivity index (χ3v) is 4.19. The molecule has 1 N–H and O–H groups in total. The molecule has 0 spiro atoms. The standard InChI is InChI=1S/C16H26N2O/c1-13-5-7-14(8-6-13)18-11-15(9-10-19)17(4)12-16(18,2)3/h5-8,15,19H,9-12H2,1-4H3. The Morgan fingerprint density at radius 3 is 2.47 bits per heavy atom. The largest absolute Gasteiger partial charge is 0.396 e. The van der Waals surface area contributed by atoms with Gasteiger partial charge in [-0.1, -0.05) is 17.7 Å². The number of rotatable bonds is 3. The summed E-state index contributed by atoms with van der Waals surface area (Å²) in [5.74, 6) is 0. The van der Waals surface area contributed by atoms with Crippen LogP contribution in [0.25, 0.3) is 0 Å². The molecule has 1 unspecified atom stereocenters. The summed E-state index contributed by atoms with van der Waals surface area (Å²) in [4.78, 5) is 4.85. The van der Waals surface area contributed by atoms with E-state index in [1.807, 2.05) is 0 Å². The van der Waals surface area contributed by atoms with Crippen LogP contribution in [-0.4, -0.2) is 48.3 Å². The van der Waals surface area contributed by atoms with Crippen molar-refractivity contribution >= 4 is 5.69 Å². The number of piperazine rings is 1. The molecule has 106 valence electrons. The molecule has 1 aliphatic heterocycles. The molecule has 0 aliphatic carbocycles. The minimum absolute atomic E-state index is 0.121. The minimum atomic E-state index is 0.121. The molecule has 1 aliphatic rings. The van der Waals surface area contributed by atoms with E-state index in [9.17, 15) is 5.11 Å². The topological polar surface area (TPSA) is 26.7 Å². The summed E-state index contributed by atoms with van der Waals surface area (Å²) in [6.07, 6.45) is 0.842. The van der Waals surface area contributed by atoms with E-state index in [4.69, 9.17) is 0 Å². The molecule has 1 saturated heterocycles. The number of hydrogen-bond donors (Lipinski definition) is 1. The van der Waals surface area contributed by atoms with Gasteiger partial charge in [-0.15, -0.1) is 0 Å². The lowest BCUT2D eigenvalue weighted by atomic mass is 9.94. The van der Waals surface area contributed by atoms with E-state index in [1.165, 1.54) is 11.3 Å². The van der Waals surface area contributed by atoms with E-state index in [2.05, 4.69) is 61.9 Å². The molecule has 1 fully saturated rings. The van der Waals surface area contributed by atoms with E-state index in [0.717, 1.165) is 19.5 Å². The zero-order valence-electron chi connectivity index (χ0n) is 12.6. The molecular weight excluding hydrogens is 236 g/mol. The van der Waals surface area contributed by atoms with Crippen LogP contribution in [0.5, 0.6) is 0 Å². The number of benzene rings is 1.